The summed E-state index contributed by atoms with van der Waals surface area (Å²) >= 11 is 26.8. The Bertz CT molecular complexity index is 2550. The highest BCUT2D eigenvalue weighted by molar-refractivity contribution is 7.99. The normalized spacial score (nSPS) is 14.6. The van der Waals surface area contributed by atoms with Crippen molar-refractivity contribution in [1.29, 1.82) is 0 Å². The fraction of sp³-hybridized carbons (Fsp3) is 0.360. The lowest BCUT2D eigenvalue weighted by Gasteiger charge is -2.34. The number of nitrogens with zero attached hydrogens (tertiary/aromatic N) is 8. The van der Waals surface area contributed by atoms with Crippen molar-refractivity contribution in [2.24, 2.45) is 0 Å². The largest absolute Gasteiger partial charge is 0.342 e. The van der Waals surface area contributed by atoms with E-state index in [1.54, 1.807) is 31.7 Å². The summed E-state index contributed by atoms with van der Waals surface area (Å²) in [5, 5.41) is 27.3. The quantitative estimate of drug-likeness (QED) is 0.0527. The van der Waals surface area contributed by atoms with Gasteiger partial charge in [0.05, 0.1) is 53.9 Å². The molecule has 0 radical (unpaired) electrons. The molecule has 2 heterocycles. The molecule has 4 aromatic carbocycles. The van der Waals surface area contributed by atoms with Crippen molar-refractivity contribution in [1.82, 2.24) is 29.4 Å². The molecule has 376 valence electrons. The van der Waals surface area contributed by atoms with Crippen LogP contribution in [0.5, 0.6) is 0 Å². The second kappa shape index (κ2) is 25.2. The summed E-state index contributed by atoms with van der Waals surface area (Å²) in [5.41, 5.74) is 0.209. The first kappa shape index (κ1) is 54.8. The Morgan fingerprint density at radius 3 is 1.23 bits per heavy atom. The van der Waals surface area contributed by atoms with Crippen molar-refractivity contribution in [3.63, 3.8) is 0 Å². The van der Waals surface area contributed by atoms with Gasteiger partial charge in [0.1, 0.15) is 0 Å². The lowest BCUT2D eigenvalue weighted by atomic mass is 9.97. The Balaban J connectivity index is 1.34. The number of amides is 4. The molecule has 2 aliphatic heterocycles. The van der Waals surface area contributed by atoms with Gasteiger partial charge in [-0.05, 0) is 87.4 Å². The van der Waals surface area contributed by atoms with Gasteiger partial charge in [-0.1, -0.05) is 82.4 Å². The van der Waals surface area contributed by atoms with Crippen LogP contribution in [0, 0.1) is 20.2 Å². The van der Waals surface area contributed by atoms with Gasteiger partial charge >= 0.3 is 0 Å². The summed E-state index contributed by atoms with van der Waals surface area (Å²) in [6.07, 6.45) is 5.60. The number of nitro benzene ring substituents is 2. The number of halogens is 4. The van der Waals surface area contributed by atoms with E-state index in [1.165, 1.54) is 72.8 Å². The first-order valence-electron chi connectivity index (χ1n) is 23.1. The zero-order valence-corrected chi connectivity index (χ0v) is 43.6. The second-order valence-corrected chi connectivity index (χ2v) is 19.4. The van der Waals surface area contributed by atoms with Crippen LogP contribution in [-0.4, -0.2) is 155 Å². The minimum absolute atomic E-state index is 0.0162. The van der Waals surface area contributed by atoms with Gasteiger partial charge in [-0.25, -0.2) is 0 Å². The molecule has 21 heteroatoms. The van der Waals surface area contributed by atoms with E-state index >= 15 is 0 Å². The number of hydrogen-bond donors (Lipinski definition) is 0. The topological polar surface area (TPSA) is 174 Å². The van der Waals surface area contributed by atoms with Crippen LogP contribution in [0.25, 0.3) is 34.4 Å². The Hall–Kier alpha value is -5.53. The van der Waals surface area contributed by atoms with Crippen LogP contribution in [0.3, 0.4) is 0 Å². The Morgan fingerprint density at radius 2 is 0.915 bits per heavy atom. The first-order valence-corrected chi connectivity index (χ1v) is 25.5. The van der Waals surface area contributed by atoms with Crippen LogP contribution in [0.4, 0.5) is 11.4 Å². The molecular weight excluding hydrogens is 1010 g/mol. The van der Waals surface area contributed by atoms with Gasteiger partial charge in [0, 0.05) is 112 Å². The van der Waals surface area contributed by atoms with E-state index in [0.717, 1.165) is 11.8 Å². The molecule has 4 amide bonds. The molecule has 0 spiro atoms. The van der Waals surface area contributed by atoms with Gasteiger partial charge in [0.25, 0.3) is 11.4 Å². The molecule has 2 fully saturated rings. The average molecular weight is 1070 g/mol. The number of hydrogen-bond acceptors (Lipinski definition) is 11. The zero-order chi connectivity index (χ0) is 51.5. The minimum atomic E-state index is -0.602. The number of nitro groups is 2. The summed E-state index contributed by atoms with van der Waals surface area (Å²) in [6, 6.07) is 15.0. The molecule has 0 aromatic heterocycles. The van der Waals surface area contributed by atoms with Crippen molar-refractivity contribution >= 4 is 105 Å². The maximum atomic E-state index is 13.6. The van der Waals surface area contributed by atoms with E-state index < -0.39 is 21.2 Å². The third kappa shape index (κ3) is 13.5. The van der Waals surface area contributed by atoms with E-state index in [0.29, 0.717) is 78.5 Å². The van der Waals surface area contributed by atoms with Crippen LogP contribution >= 0.6 is 58.2 Å². The molecule has 16 nitrogen and oxygen atoms in total. The molecule has 0 saturated carbocycles. The van der Waals surface area contributed by atoms with Crippen molar-refractivity contribution in [3.8, 4) is 22.3 Å². The maximum Gasteiger partial charge on any atom is 0.291 e. The van der Waals surface area contributed by atoms with Crippen LogP contribution in [0.15, 0.2) is 82.6 Å². The number of benzene rings is 4. The Labute approximate surface area is 437 Å². The van der Waals surface area contributed by atoms with Gasteiger partial charge in [-0.2, -0.15) is 0 Å². The van der Waals surface area contributed by atoms with Crippen molar-refractivity contribution < 1.29 is 29.0 Å². The molecule has 0 unspecified atom stereocenters. The van der Waals surface area contributed by atoms with E-state index in [9.17, 15) is 39.4 Å². The molecule has 0 N–H and O–H groups in total. The molecule has 2 saturated heterocycles. The number of carbonyl (C=O) groups is 4. The number of piperazine rings is 2. The summed E-state index contributed by atoms with van der Waals surface area (Å²) in [6.45, 7) is 14.1. The van der Waals surface area contributed by atoms with Crippen LogP contribution < -0.4 is 0 Å². The summed E-state index contributed by atoms with van der Waals surface area (Å²) in [5.74, 6) is -0.631. The molecule has 0 aliphatic carbocycles. The summed E-state index contributed by atoms with van der Waals surface area (Å²) in [7, 11) is 0. The molecule has 6 rings (SSSR count). The predicted octanol–water partition coefficient (Wildman–Crippen LogP) is 9.65. The first-order chi connectivity index (χ1) is 34.0. The monoisotopic (exact) mass is 1070 g/mol. The van der Waals surface area contributed by atoms with Gasteiger partial charge in [0.15, 0.2) is 0 Å². The van der Waals surface area contributed by atoms with Crippen LogP contribution in [0.1, 0.15) is 38.8 Å². The fourth-order valence-electron chi connectivity index (χ4n) is 8.57. The van der Waals surface area contributed by atoms with Gasteiger partial charge in [0.2, 0.25) is 23.6 Å². The molecule has 0 bridgehead atoms. The smallest absolute Gasteiger partial charge is 0.291 e. The average Bonchev–Trinajstić information content (AvgIpc) is 3.34. The lowest BCUT2D eigenvalue weighted by Crippen LogP contribution is -2.51. The minimum Gasteiger partial charge on any atom is -0.342 e. The van der Waals surface area contributed by atoms with Crippen molar-refractivity contribution in [2.75, 3.05) is 91.6 Å². The van der Waals surface area contributed by atoms with E-state index in [-0.39, 0.29) is 100.0 Å². The number of carbonyl (C=O) groups excluding carboxylic acids is 4. The molecule has 4 aromatic rings. The standard InChI is InChI=1S/C50H54Cl4N8O8S/c1-5-57(6-2)45(65)31-55-21-25-59(26-22-55)43(63)19-11-33-9-17-41(49(61(67)68)47(33)37-15-13-35(51)29-39(37)53)71-42-18-10-34(48(50(42)62(69)70)38-16-14-36(52)30-40(38)54)12-20-44(64)60-27-23-56(24-28-60)32-46(66)58(7-3)8-4/h9-20,29-30H,5-8,21-28,31-32H2,1-4H3/b19-11+,20-12+. The Morgan fingerprint density at radius 1 is 0.563 bits per heavy atom. The zero-order valence-electron chi connectivity index (χ0n) is 39.7. The summed E-state index contributed by atoms with van der Waals surface area (Å²) < 4.78 is 0. The SMILES string of the molecule is CCN(CC)C(=O)CN1CCN(C(=O)/C=C/c2ccc(Sc3ccc(/C=C/C(=O)N4CCN(CC(=O)N(CC)CC)CC4)c(-c4ccc(Cl)cc4Cl)c3[N+](=O)[O-])c([N+](=O)[O-])c2-c2ccc(Cl)cc2Cl)CC1. The maximum absolute atomic E-state index is 13.6. The summed E-state index contributed by atoms with van der Waals surface area (Å²) in [4.78, 5) is 88.8. The van der Waals surface area contributed by atoms with E-state index in [4.69, 9.17) is 46.4 Å². The second-order valence-electron chi connectivity index (χ2n) is 16.6. The highest BCUT2D eigenvalue weighted by atomic mass is 35.5. The number of likely N-dealkylation sites (N-methyl/N-ethyl adjacent to an activating group) is 2. The molecular formula is C50H54Cl4N8O8S. The van der Waals surface area contributed by atoms with E-state index in [2.05, 4.69) is 0 Å². The molecule has 71 heavy (non-hydrogen) atoms. The van der Waals surface area contributed by atoms with Gasteiger partial charge in [-0.3, -0.25) is 49.2 Å². The number of rotatable bonds is 18. The fourth-order valence-corrected chi connectivity index (χ4v) is 10.6. The van der Waals surface area contributed by atoms with Gasteiger partial charge < -0.3 is 19.6 Å². The van der Waals surface area contributed by atoms with Crippen LogP contribution in [-0.2, 0) is 19.2 Å². The highest BCUT2D eigenvalue weighted by Crippen LogP contribution is 2.50. The predicted molar refractivity (Wildman–Crippen MR) is 281 cm³/mol. The van der Waals surface area contributed by atoms with Crippen molar-refractivity contribution in [3.05, 3.63) is 124 Å². The lowest BCUT2D eigenvalue weighted by molar-refractivity contribution is -0.387. The van der Waals surface area contributed by atoms with Gasteiger partial charge in [-0.15, -0.1) is 0 Å². The third-order valence-electron chi connectivity index (χ3n) is 12.5. The van der Waals surface area contributed by atoms with Crippen molar-refractivity contribution in [2.45, 2.75) is 37.5 Å². The Kier molecular flexibility index (Phi) is 19.5. The van der Waals surface area contributed by atoms with E-state index in [1.807, 2.05) is 37.5 Å². The molecule has 2 aliphatic rings. The third-order valence-corrected chi connectivity index (χ3v) is 14.7. The molecule has 0 atom stereocenters. The van der Waals surface area contributed by atoms with Crippen LogP contribution in [0.2, 0.25) is 20.1 Å². The highest BCUT2D eigenvalue weighted by Gasteiger charge is 2.32.